The van der Waals surface area contributed by atoms with E-state index < -0.39 is 11.8 Å². The largest absolute Gasteiger partial charge is 0.475 e. The Bertz CT molecular complexity index is 649. The van der Waals surface area contributed by atoms with Gasteiger partial charge in [-0.2, -0.15) is 8.78 Å². The maximum atomic E-state index is 14.0. The molecule has 2 rings (SSSR count). The van der Waals surface area contributed by atoms with Crippen LogP contribution in [0.2, 0.25) is 0 Å². The van der Waals surface area contributed by atoms with Crippen LogP contribution in [-0.2, 0) is 22.0 Å². The topological polar surface area (TPSA) is 60.5 Å². The van der Waals surface area contributed by atoms with Crippen LogP contribution in [0.25, 0.3) is 0 Å². The third kappa shape index (κ3) is 4.73. The molecule has 0 fully saturated rings. The zero-order valence-corrected chi connectivity index (χ0v) is 13.2. The summed E-state index contributed by atoms with van der Waals surface area (Å²) in [5, 5.41) is 2.22. The van der Waals surface area contributed by atoms with Crippen LogP contribution in [0.5, 0.6) is 5.88 Å². The molecule has 0 saturated carbocycles. The van der Waals surface area contributed by atoms with Gasteiger partial charge in [0.15, 0.2) is 0 Å². The Kier molecular flexibility index (Phi) is 6.20. The van der Waals surface area contributed by atoms with Gasteiger partial charge in [0.05, 0.1) is 6.61 Å². The van der Waals surface area contributed by atoms with Crippen LogP contribution in [0.1, 0.15) is 11.1 Å². The van der Waals surface area contributed by atoms with Gasteiger partial charge in [-0.05, 0) is 5.56 Å². The summed E-state index contributed by atoms with van der Waals surface area (Å²) in [6, 6.07) is 10.2. The molecule has 128 valence electrons. The van der Waals surface area contributed by atoms with E-state index in [-0.39, 0.29) is 12.1 Å². The first kappa shape index (κ1) is 17.8. The molecule has 0 spiro atoms. The molecule has 1 aromatic carbocycles. The van der Waals surface area contributed by atoms with Crippen molar-refractivity contribution in [1.82, 2.24) is 10.3 Å². The maximum Gasteiger partial charge on any atom is 0.349 e. The molecular weight excluding hydrogens is 318 g/mol. The van der Waals surface area contributed by atoms with Gasteiger partial charge in [-0.15, -0.1) is 0 Å². The molecule has 5 nitrogen and oxygen atoms in total. The number of aromatic nitrogens is 1. The number of benzene rings is 1. The van der Waals surface area contributed by atoms with Crippen LogP contribution in [0, 0.1) is 0 Å². The van der Waals surface area contributed by atoms with Gasteiger partial charge in [0.1, 0.15) is 6.61 Å². The summed E-state index contributed by atoms with van der Waals surface area (Å²) in [7, 11) is 1.56. The predicted molar refractivity (Wildman–Crippen MR) is 83.8 cm³/mol. The van der Waals surface area contributed by atoms with Crippen molar-refractivity contribution in [3.8, 4) is 5.88 Å². The molecule has 0 radical (unpaired) electrons. The van der Waals surface area contributed by atoms with Gasteiger partial charge in [0, 0.05) is 31.5 Å². The smallest absolute Gasteiger partial charge is 0.349 e. The van der Waals surface area contributed by atoms with Crippen LogP contribution in [-0.4, -0.2) is 31.2 Å². The second-order valence-electron chi connectivity index (χ2n) is 4.97. The Hall–Kier alpha value is -2.54. The molecule has 0 atom stereocenters. The number of nitrogens with one attached hydrogen (secondary N) is 1. The fourth-order valence-corrected chi connectivity index (χ4v) is 1.90. The lowest BCUT2D eigenvalue weighted by atomic mass is 10.1. The zero-order valence-electron chi connectivity index (χ0n) is 13.2. The molecule has 7 heteroatoms. The highest BCUT2D eigenvalue weighted by Crippen LogP contribution is 2.27. The van der Waals surface area contributed by atoms with Gasteiger partial charge < -0.3 is 14.8 Å². The first-order valence-electron chi connectivity index (χ1n) is 7.32. The lowest BCUT2D eigenvalue weighted by molar-refractivity contribution is -0.147. The number of ether oxygens (including phenoxy) is 2. The summed E-state index contributed by atoms with van der Waals surface area (Å²) in [5.41, 5.74) is 0.244. The molecule has 0 saturated heterocycles. The number of halogens is 2. The van der Waals surface area contributed by atoms with Crippen molar-refractivity contribution < 1.29 is 23.0 Å². The van der Waals surface area contributed by atoms with E-state index in [0.717, 1.165) is 0 Å². The van der Waals surface area contributed by atoms with Gasteiger partial charge in [-0.1, -0.05) is 36.4 Å². The second kappa shape index (κ2) is 8.35. The van der Waals surface area contributed by atoms with E-state index in [0.29, 0.717) is 24.7 Å². The van der Waals surface area contributed by atoms with Gasteiger partial charge in [-0.3, -0.25) is 4.79 Å². The van der Waals surface area contributed by atoms with Crippen LogP contribution in [0.15, 0.2) is 48.7 Å². The number of hydrogen-bond donors (Lipinski definition) is 1. The van der Waals surface area contributed by atoms with Crippen molar-refractivity contribution in [2.45, 2.75) is 12.5 Å². The van der Waals surface area contributed by atoms with Crippen LogP contribution < -0.4 is 10.1 Å². The molecular formula is C17H18F2N2O3. The summed E-state index contributed by atoms with van der Waals surface area (Å²) in [4.78, 5) is 15.8. The molecule has 1 aromatic heterocycles. The van der Waals surface area contributed by atoms with Crippen molar-refractivity contribution in [2.75, 3.05) is 20.3 Å². The minimum atomic E-state index is -3.59. The van der Waals surface area contributed by atoms with Crippen LogP contribution in [0.3, 0.4) is 0 Å². The minimum absolute atomic E-state index is 0.0490. The first-order chi connectivity index (χ1) is 11.5. The van der Waals surface area contributed by atoms with Crippen LogP contribution in [0.4, 0.5) is 8.78 Å². The number of carbonyl (C=O) groups excluding carboxylic acids is 1. The Labute approximate surface area is 138 Å². The van der Waals surface area contributed by atoms with E-state index >= 15 is 0 Å². The van der Waals surface area contributed by atoms with E-state index in [2.05, 4.69) is 10.3 Å². The van der Waals surface area contributed by atoms with E-state index in [4.69, 9.17) is 9.47 Å². The van der Waals surface area contributed by atoms with Crippen molar-refractivity contribution in [3.05, 3.63) is 59.8 Å². The zero-order chi connectivity index (χ0) is 17.4. The van der Waals surface area contributed by atoms with Crippen molar-refractivity contribution in [2.24, 2.45) is 0 Å². The fraction of sp³-hybridized carbons (Fsp3) is 0.294. The molecule has 1 heterocycles. The Morgan fingerprint density at radius 1 is 1.17 bits per heavy atom. The van der Waals surface area contributed by atoms with E-state index in [1.165, 1.54) is 30.5 Å². The normalized spacial score (nSPS) is 11.1. The number of alkyl halides is 2. The van der Waals surface area contributed by atoms with Crippen molar-refractivity contribution >= 4 is 5.91 Å². The van der Waals surface area contributed by atoms with Gasteiger partial charge in [0.25, 0.3) is 5.91 Å². The molecule has 0 unspecified atom stereocenters. The molecule has 1 N–H and O–H groups in total. The first-order valence-corrected chi connectivity index (χ1v) is 7.32. The highest BCUT2D eigenvalue weighted by Gasteiger charge is 2.40. The van der Waals surface area contributed by atoms with Gasteiger partial charge in [-0.25, -0.2) is 4.98 Å². The fourth-order valence-electron chi connectivity index (χ4n) is 1.90. The van der Waals surface area contributed by atoms with Crippen LogP contribution >= 0.6 is 0 Å². The number of rotatable bonds is 8. The second-order valence-corrected chi connectivity index (χ2v) is 4.97. The Morgan fingerprint density at radius 3 is 2.54 bits per heavy atom. The summed E-state index contributed by atoms with van der Waals surface area (Å²) in [6.07, 6.45) is 1.46. The number of nitrogens with zero attached hydrogens (tertiary/aromatic N) is 1. The SMILES string of the molecule is COCCOc1ccc(CNC(=O)C(F)(F)c2ccccc2)cn1. The minimum Gasteiger partial charge on any atom is -0.475 e. The Balaban J connectivity index is 1.89. The standard InChI is InChI=1S/C17H18F2N2O3/c1-23-9-10-24-15-8-7-13(11-20-15)12-21-16(22)17(18,19)14-5-3-2-4-6-14/h2-8,11H,9-10,12H2,1H3,(H,21,22). The molecule has 0 aliphatic rings. The van der Waals surface area contributed by atoms with Gasteiger partial charge >= 0.3 is 5.92 Å². The molecule has 2 aromatic rings. The number of methoxy groups -OCH3 is 1. The molecule has 0 bridgehead atoms. The number of carbonyl (C=O) groups is 1. The summed E-state index contributed by atoms with van der Waals surface area (Å²) in [6.45, 7) is 0.754. The molecule has 24 heavy (non-hydrogen) atoms. The summed E-state index contributed by atoms with van der Waals surface area (Å²) >= 11 is 0. The summed E-state index contributed by atoms with van der Waals surface area (Å²) < 4.78 is 38.2. The average molecular weight is 336 g/mol. The predicted octanol–water partition coefficient (Wildman–Crippen LogP) is 2.52. The lowest BCUT2D eigenvalue weighted by Crippen LogP contribution is -2.37. The van der Waals surface area contributed by atoms with Crippen molar-refractivity contribution in [3.63, 3.8) is 0 Å². The van der Waals surface area contributed by atoms with Crippen molar-refractivity contribution in [1.29, 1.82) is 0 Å². The third-order valence-corrected chi connectivity index (χ3v) is 3.21. The quantitative estimate of drug-likeness (QED) is 0.753. The van der Waals surface area contributed by atoms with E-state index in [9.17, 15) is 13.6 Å². The average Bonchev–Trinajstić information content (AvgIpc) is 2.61. The number of pyridine rings is 1. The number of amides is 1. The lowest BCUT2D eigenvalue weighted by Gasteiger charge is -2.16. The third-order valence-electron chi connectivity index (χ3n) is 3.21. The molecule has 0 aliphatic carbocycles. The Morgan fingerprint density at radius 2 is 1.92 bits per heavy atom. The maximum absolute atomic E-state index is 14.0. The highest BCUT2D eigenvalue weighted by molar-refractivity contribution is 5.84. The monoisotopic (exact) mass is 336 g/mol. The molecule has 0 aliphatic heterocycles. The summed E-state index contributed by atoms with van der Waals surface area (Å²) in [5.74, 6) is -4.54. The van der Waals surface area contributed by atoms with E-state index in [1.807, 2.05) is 0 Å². The highest BCUT2D eigenvalue weighted by atomic mass is 19.3. The number of hydrogen-bond acceptors (Lipinski definition) is 4. The van der Waals surface area contributed by atoms with Gasteiger partial charge in [0.2, 0.25) is 5.88 Å². The molecule has 1 amide bonds. The van der Waals surface area contributed by atoms with E-state index in [1.54, 1.807) is 25.3 Å².